The standard InChI is InChI=1S/C7H11N5O/c1-12-6(9-10-11-12)4-8-7(13)5-2-3-5/h5H,2-4H2,1H3,(H,8,13). The molecule has 0 atom stereocenters. The molecule has 70 valence electrons. The van der Waals surface area contributed by atoms with E-state index in [4.69, 9.17) is 0 Å². The van der Waals surface area contributed by atoms with Gasteiger partial charge in [0.15, 0.2) is 5.82 Å². The topological polar surface area (TPSA) is 72.7 Å². The molecule has 0 aromatic carbocycles. The molecule has 13 heavy (non-hydrogen) atoms. The van der Waals surface area contributed by atoms with Crippen LogP contribution in [0.1, 0.15) is 18.7 Å². The maximum Gasteiger partial charge on any atom is 0.223 e. The number of nitrogens with zero attached hydrogens (tertiary/aromatic N) is 4. The Labute approximate surface area is 75.3 Å². The van der Waals surface area contributed by atoms with Crippen LogP contribution in [0.25, 0.3) is 0 Å². The van der Waals surface area contributed by atoms with Crippen molar-refractivity contribution in [2.45, 2.75) is 19.4 Å². The molecule has 0 bridgehead atoms. The van der Waals surface area contributed by atoms with Crippen LogP contribution in [0, 0.1) is 5.92 Å². The normalized spacial score (nSPS) is 15.8. The molecule has 0 unspecified atom stereocenters. The van der Waals surface area contributed by atoms with E-state index in [1.807, 2.05) is 0 Å². The van der Waals surface area contributed by atoms with Crippen molar-refractivity contribution in [3.8, 4) is 0 Å². The molecule has 1 heterocycles. The highest BCUT2D eigenvalue weighted by molar-refractivity contribution is 5.80. The average molecular weight is 181 g/mol. The molecule has 1 aromatic rings. The van der Waals surface area contributed by atoms with Gasteiger partial charge in [0.25, 0.3) is 0 Å². The highest BCUT2D eigenvalue weighted by Gasteiger charge is 2.29. The molecule has 2 rings (SSSR count). The number of carbonyl (C=O) groups is 1. The highest BCUT2D eigenvalue weighted by Crippen LogP contribution is 2.28. The van der Waals surface area contributed by atoms with Crippen LogP contribution in [0.2, 0.25) is 0 Å². The number of aromatic nitrogens is 4. The Morgan fingerprint density at radius 2 is 2.46 bits per heavy atom. The molecule has 1 aromatic heterocycles. The lowest BCUT2D eigenvalue weighted by atomic mass is 10.4. The van der Waals surface area contributed by atoms with Gasteiger partial charge in [-0.3, -0.25) is 4.79 Å². The van der Waals surface area contributed by atoms with Crippen LogP contribution in [-0.4, -0.2) is 26.1 Å². The minimum Gasteiger partial charge on any atom is -0.348 e. The second-order valence-electron chi connectivity index (χ2n) is 3.21. The number of hydrogen-bond donors (Lipinski definition) is 1. The lowest BCUT2D eigenvalue weighted by Gasteiger charge is -2.01. The van der Waals surface area contributed by atoms with Crippen molar-refractivity contribution in [1.29, 1.82) is 0 Å². The fourth-order valence-corrected chi connectivity index (χ4v) is 1.05. The van der Waals surface area contributed by atoms with E-state index in [9.17, 15) is 4.79 Å². The van der Waals surface area contributed by atoms with Gasteiger partial charge in [-0.05, 0) is 23.3 Å². The summed E-state index contributed by atoms with van der Waals surface area (Å²) in [6.45, 7) is 0.416. The Bertz CT molecular complexity index is 316. The Morgan fingerprint density at radius 1 is 1.69 bits per heavy atom. The molecule has 0 spiro atoms. The fourth-order valence-electron chi connectivity index (χ4n) is 1.05. The van der Waals surface area contributed by atoms with Crippen molar-refractivity contribution >= 4 is 5.91 Å². The minimum absolute atomic E-state index is 0.114. The summed E-state index contributed by atoms with van der Waals surface area (Å²) in [4.78, 5) is 11.2. The first kappa shape index (κ1) is 8.15. The monoisotopic (exact) mass is 181 g/mol. The molecule has 1 aliphatic carbocycles. The number of amides is 1. The summed E-state index contributed by atoms with van der Waals surface area (Å²) >= 11 is 0. The van der Waals surface area contributed by atoms with Crippen molar-refractivity contribution in [3.63, 3.8) is 0 Å². The van der Waals surface area contributed by atoms with Gasteiger partial charge >= 0.3 is 0 Å². The maximum absolute atomic E-state index is 11.2. The Morgan fingerprint density at radius 3 is 3.00 bits per heavy atom. The van der Waals surface area contributed by atoms with Gasteiger partial charge in [0.2, 0.25) is 5.91 Å². The van der Waals surface area contributed by atoms with Gasteiger partial charge in [-0.25, -0.2) is 4.68 Å². The minimum atomic E-state index is 0.114. The van der Waals surface area contributed by atoms with E-state index in [1.54, 1.807) is 11.7 Å². The molecule has 0 aliphatic heterocycles. The summed E-state index contributed by atoms with van der Waals surface area (Å²) in [7, 11) is 1.75. The maximum atomic E-state index is 11.2. The summed E-state index contributed by atoms with van der Waals surface area (Å²) < 4.78 is 1.55. The van der Waals surface area contributed by atoms with Crippen molar-refractivity contribution < 1.29 is 4.79 Å². The van der Waals surface area contributed by atoms with E-state index in [2.05, 4.69) is 20.8 Å². The summed E-state index contributed by atoms with van der Waals surface area (Å²) in [6.07, 6.45) is 2.03. The zero-order valence-corrected chi connectivity index (χ0v) is 7.40. The van der Waals surface area contributed by atoms with E-state index >= 15 is 0 Å². The molecule has 1 amide bonds. The summed E-state index contributed by atoms with van der Waals surface area (Å²) in [5.41, 5.74) is 0. The van der Waals surface area contributed by atoms with Crippen molar-refractivity contribution in [3.05, 3.63) is 5.82 Å². The quantitative estimate of drug-likeness (QED) is 0.665. The molecule has 1 fully saturated rings. The number of hydrogen-bond acceptors (Lipinski definition) is 4. The van der Waals surface area contributed by atoms with Crippen molar-refractivity contribution in [2.75, 3.05) is 0 Å². The molecule has 1 saturated carbocycles. The number of carbonyl (C=O) groups excluding carboxylic acids is 1. The Hall–Kier alpha value is -1.46. The summed E-state index contributed by atoms with van der Waals surface area (Å²) in [6, 6.07) is 0. The highest BCUT2D eigenvalue weighted by atomic mass is 16.2. The van der Waals surface area contributed by atoms with Gasteiger partial charge in [-0.15, -0.1) is 5.10 Å². The zero-order chi connectivity index (χ0) is 9.26. The van der Waals surface area contributed by atoms with Gasteiger partial charge in [-0.2, -0.15) is 0 Å². The van der Waals surface area contributed by atoms with E-state index < -0.39 is 0 Å². The van der Waals surface area contributed by atoms with Gasteiger partial charge in [0.05, 0.1) is 6.54 Å². The molecule has 6 nitrogen and oxygen atoms in total. The number of rotatable bonds is 3. The first-order valence-corrected chi connectivity index (χ1v) is 4.26. The van der Waals surface area contributed by atoms with Crippen LogP contribution in [0.5, 0.6) is 0 Å². The van der Waals surface area contributed by atoms with Gasteiger partial charge < -0.3 is 5.32 Å². The van der Waals surface area contributed by atoms with Crippen LogP contribution < -0.4 is 5.32 Å². The van der Waals surface area contributed by atoms with Gasteiger partial charge in [0, 0.05) is 13.0 Å². The van der Waals surface area contributed by atoms with E-state index in [-0.39, 0.29) is 11.8 Å². The number of nitrogens with one attached hydrogen (secondary N) is 1. The smallest absolute Gasteiger partial charge is 0.223 e. The first-order valence-electron chi connectivity index (χ1n) is 4.26. The van der Waals surface area contributed by atoms with E-state index in [0.717, 1.165) is 12.8 Å². The van der Waals surface area contributed by atoms with Crippen LogP contribution in [-0.2, 0) is 18.4 Å². The zero-order valence-electron chi connectivity index (χ0n) is 7.40. The molecule has 6 heteroatoms. The van der Waals surface area contributed by atoms with E-state index in [0.29, 0.717) is 12.4 Å². The summed E-state index contributed by atoms with van der Waals surface area (Å²) in [5.74, 6) is 1.03. The second-order valence-corrected chi connectivity index (χ2v) is 3.21. The largest absolute Gasteiger partial charge is 0.348 e. The molecule has 0 radical (unpaired) electrons. The molecular formula is C7H11N5O. The predicted octanol–water partition coefficient (Wildman–Crippen LogP) is -0.764. The lowest BCUT2D eigenvalue weighted by molar-refractivity contribution is -0.122. The molecule has 0 saturated heterocycles. The Balaban J connectivity index is 1.85. The number of aryl methyl sites for hydroxylation is 1. The van der Waals surface area contributed by atoms with E-state index in [1.165, 1.54) is 0 Å². The molecule has 1 aliphatic rings. The van der Waals surface area contributed by atoms with Gasteiger partial charge in [-0.1, -0.05) is 0 Å². The third-order valence-electron chi connectivity index (χ3n) is 2.08. The second kappa shape index (κ2) is 3.12. The van der Waals surface area contributed by atoms with Crippen molar-refractivity contribution in [2.24, 2.45) is 13.0 Å². The Kier molecular flexibility index (Phi) is 1.96. The van der Waals surface area contributed by atoms with Crippen LogP contribution in [0.15, 0.2) is 0 Å². The van der Waals surface area contributed by atoms with Crippen LogP contribution >= 0.6 is 0 Å². The SMILES string of the molecule is Cn1nnnc1CNC(=O)C1CC1. The molecule has 1 N–H and O–H groups in total. The third-order valence-corrected chi connectivity index (χ3v) is 2.08. The molecular weight excluding hydrogens is 170 g/mol. The average Bonchev–Trinajstić information content (AvgIpc) is 2.88. The van der Waals surface area contributed by atoms with Crippen LogP contribution in [0.4, 0.5) is 0 Å². The van der Waals surface area contributed by atoms with Crippen LogP contribution in [0.3, 0.4) is 0 Å². The predicted molar refractivity (Wildman–Crippen MR) is 43.4 cm³/mol. The third kappa shape index (κ3) is 1.82. The summed E-state index contributed by atoms with van der Waals surface area (Å²) in [5, 5.41) is 13.7. The first-order chi connectivity index (χ1) is 6.27. The fraction of sp³-hybridized carbons (Fsp3) is 0.714. The number of tetrazole rings is 1. The van der Waals surface area contributed by atoms with Crippen molar-refractivity contribution in [1.82, 2.24) is 25.5 Å². The lowest BCUT2D eigenvalue weighted by Crippen LogP contribution is -2.25. The van der Waals surface area contributed by atoms with Gasteiger partial charge in [0.1, 0.15) is 0 Å².